The van der Waals surface area contributed by atoms with Crippen LogP contribution < -0.4 is 10.3 Å². The van der Waals surface area contributed by atoms with Crippen LogP contribution in [-0.4, -0.2) is 16.3 Å². The van der Waals surface area contributed by atoms with Crippen LogP contribution in [0.5, 0.6) is 11.6 Å². The summed E-state index contributed by atoms with van der Waals surface area (Å²) in [6.45, 7) is 6.21. The topological polar surface area (TPSA) is 100.0 Å². The number of hydrogen-bond acceptors (Lipinski definition) is 6. The molecule has 130 valence electrons. The summed E-state index contributed by atoms with van der Waals surface area (Å²) < 4.78 is 6.51. The van der Waals surface area contributed by atoms with Crippen molar-refractivity contribution in [3.8, 4) is 17.7 Å². The summed E-state index contributed by atoms with van der Waals surface area (Å²) in [4.78, 5) is 12.5. The van der Waals surface area contributed by atoms with Crippen LogP contribution in [0.3, 0.4) is 0 Å². The molecule has 2 aromatic rings. The van der Waals surface area contributed by atoms with E-state index in [-0.39, 0.29) is 17.1 Å². The van der Waals surface area contributed by atoms with Gasteiger partial charge in [0.1, 0.15) is 17.4 Å². The van der Waals surface area contributed by atoms with E-state index in [9.17, 15) is 15.2 Å². The van der Waals surface area contributed by atoms with Crippen LogP contribution in [0.4, 0.5) is 11.4 Å². The maximum atomic E-state index is 12.5. The summed E-state index contributed by atoms with van der Waals surface area (Å²) >= 11 is 0. The first kappa shape index (κ1) is 18.2. The van der Waals surface area contributed by atoms with Crippen molar-refractivity contribution >= 4 is 11.4 Å². The predicted octanol–water partition coefficient (Wildman–Crippen LogP) is 3.96. The molecular weight excluding hydrogens is 320 g/mol. The van der Waals surface area contributed by atoms with Gasteiger partial charge in [0.05, 0.1) is 12.3 Å². The zero-order valence-electron chi connectivity index (χ0n) is 14.5. The molecule has 7 heteroatoms. The Hall–Kier alpha value is -3.14. The van der Waals surface area contributed by atoms with Gasteiger partial charge in [-0.05, 0) is 44.5 Å². The molecule has 0 spiro atoms. The van der Waals surface area contributed by atoms with Crippen LogP contribution in [0.15, 0.2) is 39.3 Å². The minimum Gasteiger partial charge on any atom is -0.494 e. The second kappa shape index (κ2) is 8.11. The van der Waals surface area contributed by atoms with Crippen LogP contribution in [-0.2, 0) is 6.54 Å². The van der Waals surface area contributed by atoms with E-state index >= 15 is 0 Å². The Morgan fingerprint density at radius 2 is 1.92 bits per heavy atom. The van der Waals surface area contributed by atoms with Crippen molar-refractivity contribution in [2.24, 2.45) is 10.2 Å². The third-order valence-electron chi connectivity index (χ3n) is 3.63. The average Bonchev–Trinajstić information content (AvgIpc) is 2.60. The van der Waals surface area contributed by atoms with Crippen molar-refractivity contribution in [1.29, 1.82) is 5.26 Å². The standard InChI is InChI=1S/C18H20N4O3/c1-4-10-22-17(23)15(11-19)12(3)16(18(22)24)21-20-13-6-8-14(9-7-13)25-5-2/h6-9,23H,4-5,10H2,1-3H3. The SMILES string of the molecule is CCCn1c(O)c(C#N)c(C)c(N=Nc2ccc(OCC)cc2)c1=O. The van der Waals surface area contributed by atoms with Gasteiger partial charge in [0.15, 0.2) is 5.69 Å². The van der Waals surface area contributed by atoms with Crippen LogP contribution >= 0.6 is 0 Å². The van der Waals surface area contributed by atoms with Gasteiger partial charge < -0.3 is 9.84 Å². The lowest BCUT2D eigenvalue weighted by Crippen LogP contribution is -2.21. The highest BCUT2D eigenvalue weighted by molar-refractivity contribution is 5.56. The number of pyridine rings is 1. The first-order chi connectivity index (χ1) is 12.0. The highest BCUT2D eigenvalue weighted by atomic mass is 16.5. The number of nitriles is 1. The molecule has 0 aliphatic heterocycles. The van der Waals surface area contributed by atoms with Gasteiger partial charge in [-0.1, -0.05) is 6.92 Å². The summed E-state index contributed by atoms with van der Waals surface area (Å²) in [5.74, 6) is 0.395. The molecule has 25 heavy (non-hydrogen) atoms. The number of aromatic hydroxyl groups is 1. The Kier molecular flexibility index (Phi) is 5.90. The van der Waals surface area contributed by atoms with Crippen molar-refractivity contribution in [3.05, 3.63) is 45.7 Å². The molecule has 0 fully saturated rings. The summed E-state index contributed by atoms with van der Waals surface area (Å²) in [7, 11) is 0. The maximum absolute atomic E-state index is 12.5. The van der Waals surface area contributed by atoms with Crippen molar-refractivity contribution in [2.75, 3.05) is 6.61 Å². The van der Waals surface area contributed by atoms with Gasteiger partial charge in [-0.25, -0.2) is 0 Å². The van der Waals surface area contributed by atoms with Crippen molar-refractivity contribution < 1.29 is 9.84 Å². The van der Waals surface area contributed by atoms with E-state index in [0.717, 1.165) is 10.3 Å². The highest BCUT2D eigenvalue weighted by Gasteiger charge is 2.18. The lowest BCUT2D eigenvalue weighted by atomic mass is 10.1. The Bertz CT molecular complexity index is 877. The molecular formula is C18H20N4O3. The lowest BCUT2D eigenvalue weighted by Gasteiger charge is -2.11. The first-order valence-electron chi connectivity index (χ1n) is 8.04. The predicted molar refractivity (Wildman–Crippen MR) is 93.9 cm³/mol. The third kappa shape index (κ3) is 3.86. The second-order valence-electron chi connectivity index (χ2n) is 5.37. The molecule has 0 unspecified atom stereocenters. The maximum Gasteiger partial charge on any atom is 0.281 e. The van der Waals surface area contributed by atoms with E-state index in [0.29, 0.717) is 30.8 Å². The Morgan fingerprint density at radius 3 is 2.48 bits per heavy atom. The van der Waals surface area contributed by atoms with E-state index < -0.39 is 5.56 Å². The number of nitrogens with zero attached hydrogens (tertiary/aromatic N) is 4. The second-order valence-corrected chi connectivity index (χ2v) is 5.37. The monoisotopic (exact) mass is 340 g/mol. The fraction of sp³-hybridized carbons (Fsp3) is 0.333. The van der Waals surface area contributed by atoms with Crippen LogP contribution in [0.25, 0.3) is 0 Å². The summed E-state index contributed by atoms with van der Waals surface area (Å²) in [5, 5.41) is 27.5. The quantitative estimate of drug-likeness (QED) is 0.804. The Morgan fingerprint density at radius 1 is 1.24 bits per heavy atom. The molecule has 0 saturated carbocycles. The molecule has 1 aromatic heterocycles. The molecule has 0 radical (unpaired) electrons. The van der Waals surface area contributed by atoms with E-state index in [4.69, 9.17) is 4.74 Å². The number of hydrogen-bond donors (Lipinski definition) is 1. The van der Waals surface area contributed by atoms with Gasteiger partial charge in [0.25, 0.3) is 5.56 Å². The molecule has 2 rings (SSSR count). The van der Waals surface area contributed by atoms with Gasteiger partial charge in [0, 0.05) is 12.1 Å². The number of benzene rings is 1. The average molecular weight is 340 g/mol. The molecule has 0 bridgehead atoms. The van der Waals surface area contributed by atoms with Crippen molar-refractivity contribution in [1.82, 2.24) is 4.57 Å². The van der Waals surface area contributed by atoms with Crippen molar-refractivity contribution in [2.45, 2.75) is 33.7 Å². The summed E-state index contributed by atoms with van der Waals surface area (Å²) in [6, 6.07) is 8.89. The number of azo groups is 1. The largest absolute Gasteiger partial charge is 0.494 e. The molecule has 1 heterocycles. The number of rotatable bonds is 6. The minimum atomic E-state index is -0.467. The number of ether oxygens (including phenoxy) is 1. The highest BCUT2D eigenvalue weighted by Crippen LogP contribution is 2.27. The Labute approximate surface area is 145 Å². The van der Waals surface area contributed by atoms with E-state index in [1.54, 1.807) is 31.2 Å². The van der Waals surface area contributed by atoms with Gasteiger partial charge >= 0.3 is 0 Å². The van der Waals surface area contributed by atoms with E-state index in [1.165, 1.54) is 0 Å². The minimum absolute atomic E-state index is 0.0358. The van der Waals surface area contributed by atoms with Gasteiger partial charge in [0.2, 0.25) is 5.88 Å². The van der Waals surface area contributed by atoms with Gasteiger partial charge in [-0.2, -0.15) is 10.4 Å². The van der Waals surface area contributed by atoms with Crippen LogP contribution in [0.2, 0.25) is 0 Å². The van der Waals surface area contributed by atoms with Gasteiger partial charge in [-0.3, -0.25) is 9.36 Å². The molecule has 0 aliphatic rings. The molecule has 1 aromatic carbocycles. The van der Waals surface area contributed by atoms with Crippen LogP contribution in [0, 0.1) is 18.3 Å². The smallest absolute Gasteiger partial charge is 0.281 e. The molecule has 7 nitrogen and oxygen atoms in total. The fourth-order valence-corrected chi connectivity index (χ4v) is 2.37. The molecule has 0 aliphatic carbocycles. The lowest BCUT2D eigenvalue weighted by molar-refractivity contribution is 0.340. The van der Waals surface area contributed by atoms with E-state index in [2.05, 4.69) is 10.2 Å². The normalized spacial score (nSPS) is 10.8. The summed E-state index contributed by atoms with van der Waals surface area (Å²) in [5.41, 5.74) is 0.485. The Balaban J connectivity index is 2.46. The zero-order valence-corrected chi connectivity index (χ0v) is 14.5. The summed E-state index contributed by atoms with van der Waals surface area (Å²) in [6.07, 6.45) is 0.636. The van der Waals surface area contributed by atoms with Gasteiger partial charge in [-0.15, -0.1) is 5.11 Å². The first-order valence-corrected chi connectivity index (χ1v) is 8.04. The molecule has 0 amide bonds. The third-order valence-corrected chi connectivity index (χ3v) is 3.63. The van der Waals surface area contributed by atoms with E-state index in [1.807, 2.05) is 19.9 Å². The van der Waals surface area contributed by atoms with Crippen LogP contribution in [0.1, 0.15) is 31.4 Å². The number of aromatic nitrogens is 1. The molecule has 0 atom stereocenters. The zero-order chi connectivity index (χ0) is 18.4. The van der Waals surface area contributed by atoms with Crippen molar-refractivity contribution in [3.63, 3.8) is 0 Å². The molecule has 1 N–H and O–H groups in total. The fourth-order valence-electron chi connectivity index (χ4n) is 2.37. The molecule has 0 saturated heterocycles.